The standard InChI is InChI=1S/C33H45NO6/c1-7-9-19-38-33(37)34-28-22-31(40-30(12-8-2)26(28)6)29(35)15-10-13-23(3)20-25(5)21-24(4)17-18-27-14-11-16-32(36)39-27/h1,8,10-13,15-18,21,25-31,35H,9,14,19-20,22H2,2-6H3,(H,34,37)/b12-8+,15-10+,18-17+,23-13+,24-21-/t25-,26+,27-,28?,29+,30+,31+/m1/s1. The lowest BCUT2D eigenvalue weighted by Crippen LogP contribution is -2.53. The molecule has 0 aromatic rings. The highest BCUT2D eigenvalue weighted by Crippen LogP contribution is 2.29. The quantitative estimate of drug-likeness (QED) is 0.106. The molecule has 40 heavy (non-hydrogen) atoms. The van der Waals surface area contributed by atoms with E-state index in [-0.39, 0.29) is 36.7 Å². The van der Waals surface area contributed by atoms with Crippen LogP contribution >= 0.6 is 0 Å². The second-order valence-corrected chi connectivity index (χ2v) is 10.6. The number of amides is 1. The number of carbonyl (C=O) groups excluding carboxylic acids is 2. The van der Waals surface area contributed by atoms with Crippen molar-refractivity contribution < 1.29 is 28.9 Å². The zero-order valence-corrected chi connectivity index (χ0v) is 24.4. The number of ether oxygens (including phenoxy) is 3. The first-order valence-electron chi connectivity index (χ1n) is 14.0. The number of carbonyl (C=O) groups is 2. The highest BCUT2D eigenvalue weighted by molar-refractivity contribution is 5.82. The molecular weight excluding hydrogens is 506 g/mol. The van der Waals surface area contributed by atoms with Gasteiger partial charge in [0, 0.05) is 30.9 Å². The van der Waals surface area contributed by atoms with E-state index >= 15 is 0 Å². The predicted octanol–water partition coefficient (Wildman–Crippen LogP) is 5.74. The van der Waals surface area contributed by atoms with Gasteiger partial charge in [0.05, 0.1) is 18.3 Å². The van der Waals surface area contributed by atoms with Crippen LogP contribution in [0, 0.1) is 24.2 Å². The van der Waals surface area contributed by atoms with Crippen LogP contribution in [0.5, 0.6) is 0 Å². The molecule has 2 aliphatic heterocycles. The van der Waals surface area contributed by atoms with Gasteiger partial charge in [-0.2, -0.15) is 0 Å². The summed E-state index contributed by atoms with van der Waals surface area (Å²) in [6.45, 7) is 10.3. The van der Waals surface area contributed by atoms with Gasteiger partial charge in [0.1, 0.15) is 12.7 Å². The van der Waals surface area contributed by atoms with Gasteiger partial charge in [-0.05, 0) is 45.6 Å². The van der Waals surface area contributed by atoms with Gasteiger partial charge in [-0.15, -0.1) is 12.3 Å². The average molecular weight is 552 g/mol. The third-order valence-electron chi connectivity index (χ3n) is 6.86. The molecular formula is C33H45NO6. The van der Waals surface area contributed by atoms with E-state index in [1.165, 1.54) is 11.6 Å². The summed E-state index contributed by atoms with van der Waals surface area (Å²) in [4.78, 5) is 23.6. The minimum Gasteiger partial charge on any atom is -0.455 e. The molecule has 0 bridgehead atoms. The fourth-order valence-electron chi connectivity index (χ4n) is 4.80. The number of hydrogen-bond acceptors (Lipinski definition) is 6. The molecule has 1 amide bonds. The average Bonchev–Trinajstić information content (AvgIpc) is 2.89. The molecule has 0 spiro atoms. The number of aliphatic hydroxyl groups is 1. The van der Waals surface area contributed by atoms with Crippen LogP contribution in [0.4, 0.5) is 4.79 Å². The van der Waals surface area contributed by atoms with Gasteiger partial charge in [-0.25, -0.2) is 9.59 Å². The first kappa shape index (κ1) is 32.9. The van der Waals surface area contributed by atoms with Crippen LogP contribution in [0.15, 0.2) is 71.9 Å². The maximum atomic E-state index is 12.2. The first-order chi connectivity index (χ1) is 19.1. The van der Waals surface area contributed by atoms with Crippen molar-refractivity contribution in [3.05, 3.63) is 71.9 Å². The third kappa shape index (κ3) is 11.8. The zero-order chi connectivity index (χ0) is 29.5. The molecule has 0 aromatic heterocycles. The number of nitrogens with one attached hydrogen (secondary N) is 1. The number of terminal acetylenes is 1. The van der Waals surface area contributed by atoms with Crippen LogP contribution in [0.2, 0.25) is 0 Å². The van der Waals surface area contributed by atoms with Gasteiger partial charge >= 0.3 is 12.1 Å². The fourth-order valence-corrected chi connectivity index (χ4v) is 4.80. The molecule has 2 aliphatic rings. The summed E-state index contributed by atoms with van der Waals surface area (Å²) >= 11 is 0. The van der Waals surface area contributed by atoms with E-state index in [1.54, 1.807) is 6.08 Å². The zero-order valence-electron chi connectivity index (χ0n) is 24.4. The van der Waals surface area contributed by atoms with Crippen LogP contribution in [0.3, 0.4) is 0 Å². The van der Waals surface area contributed by atoms with Crippen LogP contribution in [0.1, 0.15) is 60.3 Å². The normalized spacial score (nSPS) is 27.5. The van der Waals surface area contributed by atoms with Gasteiger partial charge in [0.2, 0.25) is 0 Å². The van der Waals surface area contributed by atoms with Crippen LogP contribution in [-0.2, 0) is 19.0 Å². The lowest BCUT2D eigenvalue weighted by Gasteiger charge is -2.40. The minimum absolute atomic E-state index is 0.00770. The van der Waals surface area contributed by atoms with Gasteiger partial charge < -0.3 is 24.6 Å². The number of allylic oxidation sites excluding steroid dienone is 7. The Morgan fingerprint density at radius 3 is 2.83 bits per heavy atom. The summed E-state index contributed by atoms with van der Waals surface area (Å²) in [6.07, 6.45) is 24.2. The van der Waals surface area contributed by atoms with E-state index in [9.17, 15) is 14.7 Å². The Balaban J connectivity index is 1.92. The monoisotopic (exact) mass is 551 g/mol. The van der Waals surface area contributed by atoms with E-state index in [0.717, 1.165) is 12.0 Å². The Hall–Kier alpha value is -3.34. The molecule has 0 radical (unpaired) electrons. The molecule has 1 saturated heterocycles. The Bertz CT molecular complexity index is 1060. The second-order valence-electron chi connectivity index (χ2n) is 10.6. The summed E-state index contributed by atoms with van der Waals surface area (Å²) in [5.74, 6) is 2.46. The maximum Gasteiger partial charge on any atom is 0.407 e. The van der Waals surface area contributed by atoms with Crippen molar-refractivity contribution in [1.29, 1.82) is 0 Å². The second kappa shape index (κ2) is 17.4. The largest absolute Gasteiger partial charge is 0.455 e. The minimum atomic E-state index is -0.834. The fraction of sp³-hybridized carbons (Fsp3) is 0.515. The van der Waals surface area contributed by atoms with E-state index < -0.39 is 18.3 Å². The summed E-state index contributed by atoms with van der Waals surface area (Å²) < 4.78 is 16.6. The highest BCUT2D eigenvalue weighted by atomic mass is 16.6. The van der Waals surface area contributed by atoms with Crippen molar-refractivity contribution in [2.24, 2.45) is 11.8 Å². The van der Waals surface area contributed by atoms with Gasteiger partial charge in [0.25, 0.3) is 0 Å². The highest BCUT2D eigenvalue weighted by Gasteiger charge is 2.38. The molecule has 0 saturated carbocycles. The van der Waals surface area contributed by atoms with Crippen molar-refractivity contribution in [3.8, 4) is 12.3 Å². The van der Waals surface area contributed by atoms with E-state index in [1.807, 2.05) is 63.3 Å². The summed E-state index contributed by atoms with van der Waals surface area (Å²) in [6, 6.07) is -0.217. The molecule has 7 nitrogen and oxygen atoms in total. The lowest BCUT2D eigenvalue weighted by atomic mass is 9.86. The molecule has 7 atom stereocenters. The van der Waals surface area contributed by atoms with Gasteiger partial charge in [-0.3, -0.25) is 0 Å². The van der Waals surface area contributed by atoms with Gasteiger partial charge in [0.15, 0.2) is 0 Å². The van der Waals surface area contributed by atoms with Gasteiger partial charge in [-0.1, -0.05) is 73.6 Å². The number of esters is 1. The Morgan fingerprint density at radius 2 is 2.12 bits per heavy atom. The molecule has 1 fully saturated rings. The number of alkyl carbamates (subject to hydrolysis) is 1. The number of aliphatic hydroxyl groups excluding tert-OH is 1. The molecule has 2 N–H and O–H groups in total. The van der Waals surface area contributed by atoms with E-state index in [4.69, 9.17) is 20.6 Å². The molecule has 2 heterocycles. The number of hydrogen-bond donors (Lipinski definition) is 2. The van der Waals surface area contributed by atoms with Crippen molar-refractivity contribution in [3.63, 3.8) is 0 Å². The predicted molar refractivity (Wildman–Crippen MR) is 158 cm³/mol. The van der Waals surface area contributed by atoms with Crippen molar-refractivity contribution in [1.82, 2.24) is 5.32 Å². The number of cyclic esters (lactones) is 1. The van der Waals surface area contributed by atoms with E-state index in [0.29, 0.717) is 25.2 Å². The Morgan fingerprint density at radius 1 is 1.35 bits per heavy atom. The number of rotatable bonds is 12. The summed E-state index contributed by atoms with van der Waals surface area (Å²) in [5, 5.41) is 13.8. The summed E-state index contributed by atoms with van der Waals surface area (Å²) in [5.41, 5.74) is 2.29. The smallest absolute Gasteiger partial charge is 0.407 e. The third-order valence-corrected chi connectivity index (χ3v) is 6.86. The lowest BCUT2D eigenvalue weighted by molar-refractivity contribution is -0.141. The Kier molecular flexibility index (Phi) is 14.3. The summed E-state index contributed by atoms with van der Waals surface area (Å²) in [7, 11) is 0. The van der Waals surface area contributed by atoms with Crippen LogP contribution < -0.4 is 5.32 Å². The topological polar surface area (TPSA) is 94.1 Å². The van der Waals surface area contributed by atoms with Crippen molar-refractivity contribution >= 4 is 12.1 Å². The first-order valence-corrected chi connectivity index (χ1v) is 14.0. The molecule has 218 valence electrons. The van der Waals surface area contributed by atoms with E-state index in [2.05, 4.69) is 31.2 Å². The molecule has 0 aromatic carbocycles. The maximum absolute atomic E-state index is 12.2. The van der Waals surface area contributed by atoms with Crippen molar-refractivity contribution in [2.45, 2.75) is 90.8 Å². The Labute approximate surface area is 239 Å². The molecule has 1 unspecified atom stereocenters. The molecule has 0 aliphatic carbocycles. The SMILES string of the molecule is C#CCCOC(=O)NC1C[C@@H]([C@@H](O)/C=C/C=C(\C)C[C@@H](C)/C=C(C)\C=C\[C@H]2CC=CC(=O)O2)O[C@@H](/C=C/C)[C@H]1C. The molecule has 7 heteroatoms. The van der Waals surface area contributed by atoms with Crippen LogP contribution in [-0.4, -0.2) is 54.2 Å². The molecule has 2 rings (SSSR count). The van der Waals surface area contributed by atoms with Crippen molar-refractivity contribution in [2.75, 3.05) is 6.61 Å². The van der Waals surface area contributed by atoms with Crippen LogP contribution in [0.25, 0.3) is 0 Å².